The normalized spacial score (nSPS) is 17.8. The fourth-order valence-electron chi connectivity index (χ4n) is 2.19. The van der Waals surface area contributed by atoms with E-state index < -0.39 is 10.0 Å². The Morgan fingerprint density at radius 3 is 2.61 bits per heavy atom. The highest BCUT2D eigenvalue weighted by molar-refractivity contribution is 7.89. The number of rotatable bonds is 2. The number of fused-ring (bicyclic) bond motifs is 1. The molecule has 1 aliphatic rings. The molecule has 5 nitrogen and oxygen atoms in total. The summed E-state index contributed by atoms with van der Waals surface area (Å²) in [5.74, 6) is 0.544. The van der Waals surface area contributed by atoms with E-state index in [1.807, 2.05) is 19.9 Å². The number of ether oxygens (including phenoxy) is 2. The van der Waals surface area contributed by atoms with E-state index in [1.54, 1.807) is 6.07 Å². The third kappa shape index (κ3) is 2.06. The molecule has 0 aromatic heterocycles. The van der Waals surface area contributed by atoms with Gasteiger partial charge in [0, 0.05) is 5.56 Å². The van der Waals surface area contributed by atoms with Gasteiger partial charge in [-0.05, 0) is 17.9 Å². The largest absolute Gasteiger partial charge is 0.495 e. The van der Waals surface area contributed by atoms with Crippen molar-refractivity contribution in [3.8, 4) is 11.5 Å². The van der Waals surface area contributed by atoms with Crippen LogP contribution in [0.4, 0.5) is 0 Å². The summed E-state index contributed by atoms with van der Waals surface area (Å²) in [7, 11) is -2.48. The Hall–Kier alpha value is -1.27. The Kier molecular flexibility index (Phi) is 3.03. The quantitative estimate of drug-likeness (QED) is 0.882. The summed E-state index contributed by atoms with van der Waals surface area (Å²) >= 11 is 0. The molecule has 0 atom stereocenters. The number of benzene rings is 1. The van der Waals surface area contributed by atoms with Gasteiger partial charge in [-0.2, -0.15) is 0 Å². The monoisotopic (exact) mass is 271 g/mol. The van der Waals surface area contributed by atoms with Crippen molar-refractivity contribution in [2.24, 2.45) is 5.14 Å². The molecule has 0 saturated heterocycles. The van der Waals surface area contributed by atoms with Crippen molar-refractivity contribution in [2.45, 2.75) is 30.6 Å². The van der Waals surface area contributed by atoms with Crippen LogP contribution in [0.1, 0.15) is 25.8 Å². The van der Waals surface area contributed by atoms with Gasteiger partial charge >= 0.3 is 0 Å². The molecular weight excluding hydrogens is 254 g/mol. The highest BCUT2D eigenvalue weighted by Gasteiger charge is 2.34. The lowest BCUT2D eigenvalue weighted by Gasteiger charge is -2.33. The van der Waals surface area contributed by atoms with Crippen molar-refractivity contribution < 1.29 is 17.9 Å². The molecule has 2 N–H and O–H groups in total. The average molecular weight is 271 g/mol. The second-order valence-corrected chi connectivity index (χ2v) is 6.50. The van der Waals surface area contributed by atoms with Crippen LogP contribution in [0.5, 0.6) is 11.5 Å². The van der Waals surface area contributed by atoms with Gasteiger partial charge in [0.1, 0.15) is 11.5 Å². The van der Waals surface area contributed by atoms with Crippen LogP contribution in [0.25, 0.3) is 0 Å². The van der Waals surface area contributed by atoms with Gasteiger partial charge in [0.05, 0.1) is 13.7 Å². The fourth-order valence-corrected chi connectivity index (χ4v) is 3.05. The minimum absolute atomic E-state index is 0.0599. The van der Waals surface area contributed by atoms with Gasteiger partial charge in [-0.15, -0.1) is 0 Å². The van der Waals surface area contributed by atoms with Crippen LogP contribution in [0.2, 0.25) is 0 Å². The van der Waals surface area contributed by atoms with Crippen molar-refractivity contribution in [1.82, 2.24) is 0 Å². The molecule has 1 aromatic carbocycles. The highest BCUT2D eigenvalue weighted by atomic mass is 32.2. The molecule has 0 fully saturated rings. The van der Waals surface area contributed by atoms with Gasteiger partial charge in [0.2, 0.25) is 10.0 Å². The molecule has 0 saturated carbocycles. The van der Waals surface area contributed by atoms with Crippen LogP contribution in [0, 0.1) is 0 Å². The van der Waals surface area contributed by atoms with Crippen molar-refractivity contribution in [2.75, 3.05) is 13.7 Å². The maximum atomic E-state index is 11.7. The highest BCUT2D eigenvalue weighted by Crippen LogP contribution is 2.44. The van der Waals surface area contributed by atoms with E-state index in [9.17, 15) is 8.42 Å². The van der Waals surface area contributed by atoms with Crippen LogP contribution >= 0.6 is 0 Å². The molecule has 100 valence electrons. The number of primary sulfonamides is 1. The van der Waals surface area contributed by atoms with Gasteiger partial charge in [-0.25, -0.2) is 13.6 Å². The lowest BCUT2D eigenvalue weighted by Crippen LogP contribution is -2.28. The predicted molar refractivity (Wildman–Crippen MR) is 67.5 cm³/mol. The Morgan fingerprint density at radius 1 is 1.39 bits per heavy atom. The topological polar surface area (TPSA) is 78.6 Å². The summed E-state index contributed by atoms with van der Waals surface area (Å²) in [5.41, 5.74) is 0.706. The molecule has 0 unspecified atom stereocenters. The fraction of sp³-hybridized carbons (Fsp3) is 0.500. The third-order valence-corrected chi connectivity index (χ3v) is 4.24. The molecule has 1 aliphatic heterocycles. The summed E-state index contributed by atoms with van der Waals surface area (Å²) in [6.45, 7) is 4.57. The lowest BCUT2D eigenvalue weighted by molar-refractivity contribution is 0.225. The minimum Gasteiger partial charge on any atom is -0.495 e. The standard InChI is InChI=1S/C12H17NO4S/c1-12(2)6-7-17-10-8(12)4-5-9(16-3)11(10)18(13,14)15/h4-5H,6-7H2,1-3H3,(H2,13,14,15). The van der Waals surface area contributed by atoms with E-state index in [4.69, 9.17) is 14.6 Å². The smallest absolute Gasteiger partial charge is 0.245 e. The zero-order chi connectivity index (χ0) is 13.6. The number of hydrogen-bond acceptors (Lipinski definition) is 4. The van der Waals surface area contributed by atoms with Gasteiger partial charge < -0.3 is 9.47 Å². The summed E-state index contributed by atoms with van der Waals surface area (Å²) in [4.78, 5) is -0.0599. The first-order valence-corrected chi connectivity index (χ1v) is 7.19. The molecule has 6 heteroatoms. The maximum Gasteiger partial charge on any atom is 0.245 e. The molecule has 0 radical (unpaired) electrons. The second-order valence-electron chi connectivity index (χ2n) is 5.00. The van der Waals surface area contributed by atoms with Gasteiger partial charge in [-0.3, -0.25) is 0 Å². The van der Waals surface area contributed by atoms with Crippen LogP contribution < -0.4 is 14.6 Å². The van der Waals surface area contributed by atoms with E-state index in [1.165, 1.54) is 7.11 Å². The van der Waals surface area contributed by atoms with Crippen molar-refractivity contribution in [3.05, 3.63) is 17.7 Å². The number of nitrogens with two attached hydrogens (primary N) is 1. The number of sulfonamides is 1. The van der Waals surface area contributed by atoms with Crippen LogP contribution in [-0.4, -0.2) is 22.1 Å². The first-order chi connectivity index (χ1) is 8.27. The average Bonchev–Trinajstić information content (AvgIpc) is 2.25. The zero-order valence-corrected chi connectivity index (χ0v) is 11.5. The first-order valence-electron chi connectivity index (χ1n) is 5.64. The molecule has 0 spiro atoms. The molecule has 18 heavy (non-hydrogen) atoms. The van der Waals surface area contributed by atoms with Crippen molar-refractivity contribution >= 4 is 10.0 Å². The summed E-state index contributed by atoms with van der Waals surface area (Å²) < 4.78 is 34.0. The molecule has 2 rings (SSSR count). The molecular formula is C12H17NO4S. The number of hydrogen-bond donors (Lipinski definition) is 1. The third-order valence-electron chi connectivity index (χ3n) is 3.28. The lowest BCUT2D eigenvalue weighted by atomic mass is 9.80. The first kappa shape index (κ1) is 13.2. The molecule has 1 aromatic rings. The van der Waals surface area contributed by atoms with E-state index in [-0.39, 0.29) is 16.1 Å². The van der Waals surface area contributed by atoms with E-state index in [0.717, 1.165) is 12.0 Å². The van der Waals surface area contributed by atoms with E-state index in [0.29, 0.717) is 12.4 Å². The Labute approximate surface area is 107 Å². The Morgan fingerprint density at radius 2 is 2.06 bits per heavy atom. The Balaban J connectivity index is 2.79. The van der Waals surface area contributed by atoms with Crippen LogP contribution in [-0.2, 0) is 15.4 Å². The molecule has 1 heterocycles. The van der Waals surface area contributed by atoms with Gasteiger partial charge in [-0.1, -0.05) is 19.9 Å². The SMILES string of the molecule is COc1ccc2c(c1S(N)(=O)=O)OCCC2(C)C. The summed E-state index contributed by atoms with van der Waals surface area (Å²) in [6.07, 6.45) is 0.830. The van der Waals surface area contributed by atoms with Crippen LogP contribution in [0.3, 0.4) is 0 Å². The van der Waals surface area contributed by atoms with Crippen molar-refractivity contribution in [3.63, 3.8) is 0 Å². The molecule has 0 bridgehead atoms. The molecule has 0 aliphatic carbocycles. The van der Waals surface area contributed by atoms with E-state index >= 15 is 0 Å². The van der Waals surface area contributed by atoms with Gasteiger partial charge in [0.25, 0.3) is 0 Å². The zero-order valence-electron chi connectivity index (χ0n) is 10.7. The van der Waals surface area contributed by atoms with E-state index in [2.05, 4.69) is 0 Å². The van der Waals surface area contributed by atoms with Crippen molar-refractivity contribution in [1.29, 1.82) is 0 Å². The summed E-state index contributed by atoms with van der Waals surface area (Å²) in [6, 6.07) is 3.46. The number of methoxy groups -OCH3 is 1. The Bertz CT molecular complexity index is 578. The minimum atomic E-state index is -3.89. The predicted octanol–water partition coefficient (Wildman–Crippen LogP) is 1.40. The summed E-state index contributed by atoms with van der Waals surface area (Å²) in [5, 5.41) is 5.26. The maximum absolute atomic E-state index is 11.7. The van der Waals surface area contributed by atoms with Gasteiger partial charge in [0.15, 0.2) is 4.90 Å². The van der Waals surface area contributed by atoms with Crippen LogP contribution in [0.15, 0.2) is 17.0 Å². The second kappa shape index (κ2) is 4.13. The molecule has 0 amide bonds.